The van der Waals surface area contributed by atoms with Gasteiger partial charge in [-0.25, -0.2) is 8.78 Å². The second-order valence-electron chi connectivity index (χ2n) is 2.96. The Hall–Kier alpha value is -0.960. The second-order valence-corrected chi connectivity index (χ2v) is 2.96. The Bertz CT molecular complexity index is 274. The fraction of sp³-hybridized carbons (Fsp3) is 0.400. The molecule has 0 amide bonds. The molecule has 0 bridgehead atoms. The van der Waals surface area contributed by atoms with Crippen molar-refractivity contribution in [1.82, 2.24) is 5.32 Å². The molecule has 0 fully saturated rings. The van der Waals surface area contributed by atoms with E-state index in [2.05, 4.69) is 5.32 Å². The van der Waals surface area contributed by atoms with Gasteiger partial charge in [0.25, 0.3) is 0 Å². The summed E-state index contributed by atoms with van der Waals surface area (Å²) in [5, 5.41) is 3.00. The van der Waals surface area contributed by atoms with Crippen LogP contribution in [0.1, 0.15) is 12.0 Å². The standard InChI is InChI=1S/C10H13F2N/c1-13-6-2-3-8-4-5-9(11)10(12)7-8/h4-5,7,13H,2-3,6H2,1H3. The van der Waals surface area contributed by atoms with Crippen LogP contribution in [0.4, 0.5) is 8.78 Å². The molecule has 3 heteroatoms. The van der Waals surface area contributed by atoms with E-state index in [4.69, 9.17) is 0 Å². The zero-order chi connectivity index (χ0) is 9.68. The molecule has 1 aromatic carbocycles. The average Bonchev–Trinajstić information content (AvgIpc) is 2.12. The maximum Gasteiger partial charge on any atom is 0.159 e. The molecule has 0 aliphatic heterocycles. The van der Waals surface area contributed by atoms with Crippen molar-refractivity contribution >= 4 is 0 Å². The van der Waals surface area contributed by atoms with Gasteiger partial charge in [-0.2, -0.15) is 0 Å². The summed E-state index contributed by atoms with van der Waals surface area (Å²) in [5.41, 5.74) is 0.842. The van der Waals surface area contributed by atoms with E-state index >= 15 is 0 Å². The maximum atomic E-state index is 12.7. The van der Waals surface area contributed by atoms with E-state index in [0.29, 0.717) is 0 Å². The molecule has 0 aliphatic rings. The SMILES string of the molecule is CNCCCc1ccc(F)c(F)c1. The van der Waals surface area contributed by atoms with Gasteiger partial charge in [0.05, 0.1) is 0 Å². The Kier molecular flexibility index (Phi) is 3.83. The molecule has 1 N–H and O–H groups in total. The van der Waals surface area contributed by atoms with Crippen LogP contribution in [-0.2, 0) is 6.42 Å². The molecule has 0 saturated carbocycles. The summed E-state index contributed by atoms with van der Waals surface area (Å²) in [6.07, 6.45) is 1.71. The molecule has 0 atom stereocenters. The molecule has 1 nitrogen and oxygen atoms in total. The first-order chi connectivity index (χ1) is 6.24. The Morgan fingerprint density at radius 1 is 1.23 bits per heavy atom. The third-order valence-electron chi connectivity index (χ3n) is 1.88. The summed E-state index contributed by atoms with van der Waals surface area (Å²) < 4.78 is 25.2. The predicted molar refractivity (Wildman–Crippen MR) is 48.6 cm³/mol. The molecule has 0 aliphatic carbocycles. The number of benzene rings is 1. The first-order valence-electron chi connectivity index (χ1n) is 4.32. The van der Waals surface area contributed by atoms with E-state index in [1.54, 1.807) is 6.07 Å². The minimum atomic E-state index is -0.780. The van der Waals surface area contributed by atoms with Crippen molar-refractivity contribution in [3.05, 3.63) is 35.4 Å². The highest BCUT2D eigenvalue weighted by Crippen LogP contribution is 2.09. The van der Waals surface area contributed by atoms with Crippen LogP contribution in [0.5, 0.6) is 0 Å². The molecule has 0 aromatic heterocycles. The lowest BCUT2D eigenvalue weighted by molar-refractivity contribution is 0.506. The molecular weight excluding hydrogens is 172 g/mol. The average molecular weight is 185 g/mol. The molecule has 72 valence electrons. The number of aryl methyl sites for hydroxylation is 1. The molecule has 1 aromatic rings. The molecular formula is C10H13F2N. The fourth-order valence-corrected chi connectivity index (χ4v) is 1.16. The molecule has 0 spiro atoms. The van der Waals surface area contributed by atoms with Gasteiger partial charge in [-0.1, -0.05) is 6.07 Å². The van der Waals surface area contributed by atoms with E-state index in [1.165, 1.54) is 12.1 Å². The van der Waals surface area contributed by atoms with Crippen molar-refractivity contribution in [2.24, 2.45) is 0 Å². The minimum absolute atomic E-state index is 0.762. The van der Waals surface area contributed by atoms with Crippen molar-refractivity contribution in [2.45, 2.75) is 12.8 Å². The Balaban J connectivity index is 2.53. The summed E-state index contributed by atoms with van der Waals surface area (Å²) >= 11 is 0. The van der Waals surface area contributed by atoms with Crippen LogP contribution in [0.15, 0.2) is 18.2 Å². The van der Waals surface area contributed by atoms with Gasteiger partial charge in [0.15, 0.2) is 11.6 Å². The normalized spacial score (nSPS) is 10.4. The quantitative estimate of drug-likeness (QED) is 0.708. The zero-order valence-electron chi connectivity index (χ0n) is 7.61. The Morgan fingerprint density at radius 3 is 2.62 bits per heavy atom. The zero-order valence-corrected chi connectivity index (χ0v) is 7.61. The number of halogens is 2. The van der Waals surface area contributed by atoms with Gasteiger partial charge in [0, 0.05) is 0 Å². The van der Waals surface area contributed by atoms with Crippen LogP contribution in [0.2, 0.25) is 0 Å². The highest BCUT2D eigenvalue weighted by molar-refractivity contribution is 5.17. The summed E-state index contributed by atoms with van der Waals surface area (Å²) in [5.74, 6) is -1.54. The molecule has 1 rings (SSSR count). The smallest absolute Gasteiger partial charge is 0.159 e. The molecule has 0 heterocycles. The monoisotopic (exact) mass is 185 g/mol. The van der Waals surface area contributed by atoms with E-state index in [-0.39, 0.29) is 0 Å². The summed E-state index contributed by atoms with van der Waals surface area (Å²) in [6, 6.07) is 4.04. The third kappa shape index (κ3) is 3.11. The van der Waals surface area contributed by atoms with Crippen molar-refractivity contribution in [1.29, 1.82) is 0 Å². The number of hydrogen-bond acceptors (Lipinski definition) is 1. The maximum absolute atomic E-state index is 12.7. The number of rotatable bonds is 4. The van der Waals surface area contributed by atoms with E-state index in [9.17, 15) is 8.78 Å². The number of hydrogen-bond donors (Lipinski definition) is 1. The van der Waals surface area contributed by atoms with Crippen LogP contribution < -0.4 is 5.32 Å². The number of nitrogens with one attached hydrogen (secondary N) is 1. The van der Waals surface area contributed by atoms with Gasteiger partial charge in [-0.3, -0.25) is 0 Å². The van der Waals surface area contributed by atoms with Crippen LogP contribution in [0.3, 0.4) is 0 Å². The molecule has 13 heavy (non-hydrogen) atoms. The molecule has 0 radical (unpaired) electrons. The Morgan fingerprint density at radius 2 is 2.00 bits per heavy atom. The van der Waals surface area contributed by atoms with Gasteiger partial charge < -0.3 is 5.32 Å². The minimum Gasteiger partial charge on any atom is -0.320 e. The lowest BCUT2D eigenvalue weighted by Crippen LogP contribution is -2.08. The lowest BCUT2D eigenvalue weighted by Gasteiger charge is -2.01. The first-order valence-corrected chi connectivity index (χ1v) is 4.32. The fourth-order valence-electron chi connectivity index (χ4n) is 1.16. The van der Waals surface area contributed by atoms with Crippen molar-refractivity contribution in [3.63, 3.8) is 0 Å². The largest absolute Gasteiger partial charge is 0.320 e. The Labute approximate surface area is 76.8 Å². The van der Waals surface area contributed by atoms with Gasteiger partial charge >= 0.3 is 0 Å². The lowest BCUT2D eigenvalue weighted by atomic mass is 10.1. The van der Waals surface area contributed by atoms with Gasteiger partial charge in [-0.15, -0.1) is 0 Å². The van der Waals surface area contributed by atoms with Crippen LogP contribution in [-0.4, -0.2) is 13.6 Å². The summed E-state index contributed by atoms with van der Waals surface area (Å²) in [6.45, 7) is 0.888. The molecule has 0 unspecified atom stereocenters. The van der Waals surface area contributed by atoms with Crippen molar-refractivity contribution in [2.75, 3.05) is 13.6 Å². The van der Waals surface area contributed by atoms with E-state index in [0.717, 1.165) is 24.9 Å². The highest BCUT2D eigenvalue weighted by atomic mass is 19.2. The topological polar surface area (TPSA) is 12.0 Å². The van der Waals surface area contributed by atoms with E-state index < -0.39 is 11.6 Å². The van der Waals surface area contributed by atoms with Gasteiger partial charge in [0.2, 0.25) is 0 Å². The van der Waals surface area contributed by atoms with Crippen molar-refractivity contribution < 1.29 is 8.78 Å². The summed E-state index contributed by atoms with van der Waals surface area (Å²) in [4.78, 5) is 0. The van der Waals surface area contributed by atoms with E-state index in [1.807, 2.05) is 7.05 Å². The van der Waals surface area contributed by atoms with Crippen LogP contribution >= 0.6 is 0 Å². The highest BCUT2D eigenvalue weighted by Gasteiger charge is 2.01. The predicted octanol–water partition coefficient (Wildman–Crippen LogP) is 2.12. The van der Waals surface area contributed by atoms with Crippen LogP contribution in [0.25, 0.3) is 0 Å². The summed E-state index contributed by atoms with van der Waals surface area (Å²) in [7, 11) is 1.87. The first kappa shape index (κ1) is 10.1. The third-order valence-corrected chi connectivity index (χ3v) is 1.88. The second kappa shape index (κ2) is 4.92. The van der Waals surface area contributed by atoms with Crippen molar-refractivity contribution in [3.8, 4) is 0 Å². The van der Waals surface area contributed by atoms with Crippen LogP contribution in [0, 0.1) is 11.6 Å². The van der Waals surface area contributed by atoms with Gasteiger partial charge in [-0.05, 0) is 44.1 Å². The van der Waals surface area contributed by atoms with Gasteiger partial charge in [0.1, 0.15) is 0 Å². The molecule has 0 saturated heterocycles.